The zero-order valence-electron chi connectivity index (χ0n) is 9.92. The Bertz CT molecular complexity index is 399. The number of rotatable bonds is 4. The molecule has 0 saturated carbocycles. The minimum Gasteiger partial charge on any atom is -0.328 e. The van der Waals surface area contributed by atoms with Crippen molar-refractivity contribution in [3.8, 4) is 0 Å². The van der Waals surface area contributed by atoms with Crippen molar-refractivity contribution in [2.24, 2.45) is 5.73 Å². The molecule has 0 aliphatic rings. The summed E-state index contributed by atoms with van der Waals surface area (Å²) in [5.41, 5.74) is 5.10. The Morgan fingerprint density at radius 2 is 1.89 bits per heavy atom. The van der Waals surface area contributed by atoms with Gasteiger partial charge in [0.2, 0.25) is 5.91 Å². The fourth-order valence-electron chi connectivity index (χ4n) is 1.32. The van der Waals surface area contributed by atoms with Gasteiger partial charge in [0.15, 0.2) is 0 Å². The van der Waals surface area contributed by atoms with Crippen molar-refractivity contribution in [2.75, 3.05) is 5.32 Å². The van der Waals surface area contributed by atoms with Crippen LogP contribution in [0.3, 0.4) is 0 Å². The van der Waals surface area contributed by atoms with Crippen molar-refractivity contribution in [2.45, 2.75) is 32.0 Å². The molecule has 1 atom stereocenters. The van der Waals surface area contributed by atoms with Crippen LogP contribution in [0.4, 0.5) is 18.9 Å². The van der Waals surface area contributed by atoms with E-state index in [0.717, 1.165) is 12.1 Å². The van der Waals surface area contributed by atoms with Gasteiger partial charge in [-0.1, -0.05) is 0 Å². The fourth-order valence-corrected chi connectivity index (χ4v) is 1.32. The largest absolute Gasteiger partial charge is 0.416 e. The number of hydrogen-bond acceptors (Lipinski definition) is 2. The minimum absolute atomic E-state index is 0.0802. The average Bonchev–Trinajstić information content (AvgIpc) is 2.26. The number of nitrogens with two attached hydrogens (primary N) is 1. The summed E-state index contributed by atoms with van der Waals surface area (Å²) in [7, 11) is 0. The third kappa shape index (κ3) is 4.75. The van der Waals surface area contributed by atoms with Gasteiger partial charge in [-0.25, -0.2) is 0 Å². The van der Waals surface area contributed by atoms with E-state index in [-0.39, 0.29) is 18.4 Å². The van der Waals surface area contributed by atoms with Crippen LogP contribution in [0.2, 0.25) is 0 Å². The van der Waals surface area contributed by atoms with Gasteiger partial charge in [-0.15, -0.1) is 0 Å². The molecule has 1 unspecified atom stereocenters. The third-order valence-corrected chi connectivity index (χ3v) is 2.32. The van der Waals surface area contributed by atoms with Crippen LogP contribution in [0.5, 0.6) is 0 Å². The molecule has 0 aliphatic heterocycles. The number of amides is 1. The Labute approximate surface area is 103 Å². The first-order valence-corrected chi connectivity index (χ1v) is 5.51. The van der Waals surface area contributed by atoms with Gasteiger partial charge in [-0.05, 0) is 37.6 Å². The Balaban J connectivity index is 2.56. The molecule has 1 amide bonds. The number of benzene rings is 1. The van der Waals surface area contributed by atoms with Crippen molar-refractivity contribution in [3.63, 3.8) is 0 Å². The molecule has 0 fully saturated rings. The SMILES string of the molecule is CC(N)CCC(=O)Nc1ccc(C(F)(F)F)cc1. The van der Waals surface area contributed by atoms with Gasteiger partial charge in [0.1, 0.15) is 0 Å². The smallest absolute Gasteiger partial charge is 0.328 e. The molecule has 0 aromatic heterocycles. The van der Waals surface area contributed by atoms with Crippen molar-refractivity contribution in [1.82, 2.24) is 0 Å². The van der Waals surface area contributed by atoms with Gasteiger partial charge >= 0.3 is 6.18 Å². The van der Waals surface area contributed by atoms with E-state index in [1.165, 1.54) is 12.1 Å². The summed E-state index contributed by atoms with van der Waals surface area (Å²) < 4.78 is 36.9. The highest BCUT2D eigenvalue weighted by molar-refractivity contribution is 5.90. The number of anilines is 1. The van der Waals surface area contributed by atoms with Crippen LogP contribution >= 0.6 is 0 Å². The Morgan fingerprint density at radius 3 is 2.33 bits per heavy atom. The molecular weight excluding hydrogens is 245 g/mol. The maximum atomic E-state index is 12.3. The lowest BCUT2D eigenvalue weighted by Crippen LogP contribution is -2.19. The van der Waals surface area contributed by atoms with E-state index in [9.17, 15) is 18.0 Å². The third-order valence-electron chi connectivity index (χ3n) is 2.32. The molecule has 100 valence electrons. The van der Waals surface area contributed by atoms with Gasteiger partial charge in [-0.3, -0.25) is 4.79 Å². The summed E-state index contributed by atoms with van der Waals surface area (Å²) in [5.74, 6) is -0.257. The van der Waals surface area contributed by atoms with Crippen molar-refractivity contribution in [1.29, 1.82) is 0 Å². The molecule has 0 aliphatic carbocycles. The summed E-state index contributed by atoms with van der Waals surface area (Å²) in [6.07, 6.45) is -3.58. The van der Waals surface area contributed by atoms with Crippen LogP contribution in [0.25, 0.3) is 0 Å². The summed E-state index contributed by atoms with van der Waals surface area (Å²) in [4.78, 5) is 11.4. The first-order valence-electron chi connectivity index (χ1n) is 5.51. The van der Waals surface area contributed by atoms with E-state index in [4.69, 9.17) is 5.73 Å². The van der Waals surface area contributed by atoms with E-state index < -0.39 is 11.7 Å². The predicted molar refractivity (Wildman–Crippen MR) is 63.0 cm³/mol. The monoisotopic (exact) mass is 260 g/mol. The molecule has 1 rings (SSSR count). The summed E-state index contributed by atoms with van der Waals surface area (Å²) in [6.45, 7) is 1.78. The molecule has 3 nitrogen and oxygen atoms in total. The molecule has 0 saturated heterocycles. The second kappa shape index (κ2) is 5.86. The molecule has 18 heavy (non-hydrogen) atoms. The molecule has 1 aromatic carbocycles. The summed E-state index contributed by atoms with van der Waals surface area (Å²) in [6, 6.07) is 4.24. The minimum atomic E-state index is -4.36. The first-order chi connectivity index (χ1) is 8.29. The Kier molecular flexibility index (Phi) is 4.72. The molecule has 6 heteroatoms. The number of alkyl halides is 3. The maximum absolute atomic E-state index is 12.3. The maximum Gasteiger partial charge on any atom is 0.416 e. The highest BCUT2D eigenvalue weighted by Gasteiger charge is 2.29. The van der Waals surface area contributed by atoms with E-state index in [1.54, 1.807) is 6.92 Å². The standard InChI is InChI=1S/C12H15F3N2O/c1-8(16)2-7-11(18)17-10-5-3-9(4-6-10)12(13,14)15/h3-6,8H,2,7,16H2,1H3,(H,17,18). The van der Waals surface area contributed by atoms with Crippen LogP contribution < -0.4 is 11.1 Å². The zero-order chi connectivity index (χ0) is 13.8. The highest BCUT2D eigenvalue weighted by Crippen LogP contribution is 2.29. The molecule has 1 aromatic rings. The van der Waals surface area contributed by atoms with Crippen molar-refractivity contribution < 1.29 is 18.0 Å². The summed E-state index contributed by atoms with van der Waals surface area (Å²) >= 11 is 0. The molecule has 0 radical (unpaired) electrons. The number of hydrogen-bond donors (Lipinski definition) is 2. The normalized spacial score (nSPS) is 13.2. The van der Waals surface area contributed by atoms with E-state index in [0.29, 0.717) is 12.1 Å². The highest BCUT2D eigenvalue weighted by atomic mass is 19.4. The van der Waals surface area contributed by atoms with Gasteiger partial charge in [0.25, 0.3) is 0 Å². The fraction of sp³-hybridized carbons (Fsp3) is 0.417. The Morgan fingerprint density at radius 1 is 1.33 bits per heavy atom. The van der Waals surface area contributed by atoms with Crippen LogP contribution in [0.15, 0.2) is 24.3 Å². The number of nitrogens with one attached hydrogen (secondary N) is 1. The lowest BCUT2D eigenvalue weighted by molar-refractivity contribution is -0.137. The Hall–Kier alpha value is -1.56. The lowest BCUT2D eigenvalue weighted by atomic mass is 10.1. The lowest BCUT2D eigenvalue weighted by Gasteiger charge is -2.09. The quantitative estimate of drug-likeness (QED) is 0.874. The topological polar surface area (TPSA) is 55.1 Å². The van der Waals surface area contributed by atoms with Gasteiger partial charge in [0.05, 0.1) is 5.56 Å². The van der Waals surface area contributed by atoms with Crippen LogP contribution in [-0.2, 0) is 11.0 Å². The van der Waals surface area contributed by atoms with Crippen molar-refractivity contribution >= 4 is 11.6 Å². The van der Waals surface area contributed by atoms with E-state index in [1.807, 2.05) is 0 Å². The predicted octanol–water partition coefficient (Wildman–Crippen LogP) is 2.77. The first kappa shape index (κ1) is 14.5. The second-order valence-corrected chi connectivity index (χ2v) is 4.14. The molecular formula is C12H15F3N2O. The summed E-state index contributed by atoms with van der Waals surface area (Å²) in [5, 5.41) is 2.51. The van der Waals surface area contributed by atoms with Crippen molar-refractivity contribution in [3.05, 3.63) is 29.8 Å². The second-order valence-electron chi connectivity index (χ2n) is 4.14. The van der Waals surface area contributed by atoms with Gasteiger partial charge in [-0.2, -0.15) is 13.2 Å². The average molecular weight is 260 g/mol. The van der Waals surface area contributed by atoms with Crippen LogP contribution in [0, 0.1) is 0 Å². The van der Waals surface area contributed by atoms with Gasteiger partial charge in [0, 0.05) is 18.2 Å². The number of carbonyl (C=O) groups excluding carboxylic acids is 1. The number of carbonyl (C=O) groups is 1. The zero-order valence-corrected chi connectivity index (χ0v) is 9.92. The van der Waals surface area contributed by atoms with Crippen LogP contribution in [0.1, 0.15) is 25.3 Å². The molecule has 0 bridgehead atoms. The molecule has 0 heterocycles. The number of halogens is 3. The molecule has 0 spiro atoms. The van der Waals surface area contributed by atoms with E-state index in [2.05, 4.69) is 5.32 Å². The van der Waals surface area contributed by atoms with Crippen LogP contribution in [-0.4, -0.2) is 11.9 Å². The van der Waals surface area contributed by atoms with E-state index >= 15 is 0 Å². The van der Waals surface area contributed by atoms with Gasteiger partial charge < -0.3 is 11.1 Å². The molecule has 3 N–H and O–H groups in total.